The SMILES string of the molecule is CC1COC(c2ncc3c(Cl)nccn23)CN1C(=O)OC(C)(C)C. The Kier molecular flexibility index (Phi) is 4.40. The van der Waals surface area contributed by atoms with Gasteiger partial charge in [-0.25, -0.2) is 14.8 Å². The number of carbonyl (C=O) groups is 1. The first-order valence-corrected chi connectivity index (χ1v) is 8.23. The molecule has 3 heterocycles. The molecule has 2 unspecified atom stereocenters. The fraction of sp³-hybridized carbons (Fsp3) is 0.562. The summed E-state index contributed by atoms with van der Waals surface area (Å²) in [5.41, 5.74) is 0.171. The quantitative estimate of drug-likeness (QED) is 0.788. The Balaban J connectivity index is 1.84. The van der Waals surface area contributed by atoms with Gasteiger partial charge in [0.05, 0.1) is 25.4 Å². The van der Waals surface area contributed by atoms with Crippen molar-refractivity contribution in [2.24, 2.45) is 0 Å². The lowest BCUT2D eigenvalue weighted by atomic mass is 10.2. The van der Waals surface area contributed by atoms with E-state index in [1.54, 1.807) is 23.5 Å². The molecule has 0 saturated carbocycles. The number of imidazole rings is 1. The number of fused-ring (bicyclic) bond motifs is 1. The van der Waals surface area contributed by atoms with Crippen molar-refractivity contribution in [3.05, 3.63) is 29.6 Å². The molecule has 7 nitrogen and oxygen atoms in total. The molecule has 2 atom stereocenters. The number of hydrogen-bond acceptors (Lipinski definition) is 5. The highest BCUT2D eigenvalue weighted by molar-refractivity contribution is 6.32. The summed E-state index contributed by atoms with van der Waals surface area (Å²) in [6.07, 6.45) is 4.35. The van der Waals surface area contributed by atoms with Crippen LogP contribution in [0.3, 0.4) is 0 Å². The van der Waals surface area contributed by atoms with Crippen molar-refractivity contribution in [2.75, 3.05) is 13.2 Å². The molecule has 0 bridgehead atoms. The Bertz CT molecular complexity index is 755. The van der Waals surface area contributed by atoms with Crippen molar-refractivity contribution in [1.29, 1.82) is 0 Å². The topological polar surface area (TPSA) is 69.0 Å². The zero-order valence-electron chi connectivity index (χ0n) is 14.2. The van der Waals surface area contributed by atoms with Gasteiger partial charge in [0.15, 0.2) is 5.15 Å². The van der Waals surface area contributed by atoms with Crippen molar-refractivity contribution >= 4 is 23.2 Å². The highest BCUT2D eigenvalue weighted by Crippen LogP contribution is 2.27. The molecule has 2 aromatic rings. The molecule has 24 heavy (non-hydrogen) atoms. The second-order valence-electron chi connectivity index (χ2n) is 6.89. The van der Waals surface area contributed by atoms with Crippen LogP contribution in [0.1, 0.15) is 39.6 Å². The van der Waals surface area contributed by atoms with Crippen molar-refractivity contribution < 1.29 is 14.3 Å². The molecule has 0 aromatic carbocycles. The van der Waals surface area contributed by atoms with E-state index >= 15 is 0 Å². The number of halogens is 1. The van der Waals surface area contributed by atoms with E-state index in [9.17, 15) is 4.79 Å². The maximum Gasteiger partial charge on any atom is 0.410 e. The molecular formula is C16H21ClN4O3. The Morgan fingerprint density at radius 1 is 1.42 bits per heavy atom. The van der Waals surface area contributed by atoms with E-state index < -0.39 is 5.60 Å². The fourth-order valence-corrected chi connectivity index (χ4v) is 2.84. The summed E-state index contributed by atoms with van der Waals surface area (Å²) >= 11 is 6.09. The van der Waals surface area contributed by atoms with Crippen molar-refractivity contribution in [3.63, 3.8) is 0 Å². The Hall–Kier alpha value is -1.86. The van der Waals surface area contributed by atoms with E-state index in [2.05, 4.69) is 9.97 Å². The maximum absolute atomic E-state index is 12.4. The normalized spacial score (nSPS) is 22.0. The smallest absolute Gasteiger partial charge is 0.410 e. The van der Waals surface area contributed by atoms with Gasteiger partial charge in [0.2, 0.25) is 0 Å². The largest absolute Gasteiger partial charge is 0.444 e. The van der Waals surface area contributed by atoms with Crippen LogP contribution < -0.4 is 0 Å². The summed E-state index contributed by atoms with van der Waals surface area (Å²) in [5.74, 6) is 0.690. The number of carbonyl (C=O) groups excluding carboxylic acids is 1. The van der Waals surface area contributed by atoms with Gasteiger partial charge in [0, 0.05) is 12.4 Å². The number of rotatable bonds is 1. The lowest BCUT2D eigenvalue weighted by Crippen LogP contribution is -2.50. The number of aromatic nitrogens is 3. The predicted molar refractivity (Wildman–Crippen MR) is 89.1 cm³/mol. The van der Waals surface area contributed by atoms with E-state index in [0.717, 1.165) is 0 Å². The molecule has 0 aliphatic carbocycles. The third-order valence-corrected chi connectivity index (χ3v) is 4.08. The van der Waals surface area contributed by atoms with Crippen molar-refractivity contribution in [2.45, 2.75) is 45.4 Å². The second-order valence-corrected chi connectivity index (χ2v) is 7.25. The summed E-state index contributed by atoms with van der Waals surface area (Å²) in [7, 11) is 0. The van der Waals surface area contributed by atoms with Crippen LogP contribution in [0.15, 0.2) is 18.6 Å². The molecule has 3 rings (SSSR count). The summed E-state index contributed by atoms with van der Waals surface area (Å²) < 4.78 is 13.2. The van der Waals surface area contributed by atoms with Gasteiger partial charge in [0.1, 0.15) is 23.0 Å². The van der Waals surface area contributed by atoms with Gasteiger partial charge in [-0.1, -0.05) is 11.6 Å². The number of hydrogen-bond donors (Lipinski definition) is 0. The Labute approximate surface area is 145 Å². The number of morpholine rings is 1. The molecule has 2 aromatic heterocycles. The van der Waals surface area contributed by atoms with E-state index in [0.29, 0.717) is 29.6 Å². The van der Waals surface area contributed by atoms with Crippen molar-refractivity contribution in [1.82, 2.24) is 19.3 Å². The third kappa shape index (κ3) is 3.32. The predicted octanol–water partition coefficient (Wildman–Crippen LogP) is 3.08. The van der Waals surface area contributed by atoms with Crippen LogP contribution in [0.25, 0.3) is 5.52 Å². The first kappa shape index (κ1) is 17.0. The molecule has 0 radical (unpaired) electrons. The fourth-order valence-electron chi connectivity index (χ4n) is 2.64. The number of amides is 1. The highest BCUT2D eigenvalue weighted by atomic mass is 35.5. The second kappa shape index (κ2) is 6.22. The zero-order chi connectivity index (χ0) is 17.5. The molecule has 130 valence electrons. The summed E-state index contributed by atoms with van der Waals surface area (Å²) in [6.45, 7) is 8.27. The Morgan fingerprint density at radius 3 is 2.88 bits per heavy atom. The Morgan fingerprint density at radius 2 is 2.17 bits per heavy atom. The van der Waals surface area contributed by atoms with Crippen LogP contribution in [0.5, 0.6) is 0 Å². The molecule has 1 aliphatic rings. The number of ether oxygens (including phenoxy) is 2. The monoisotopic (exact) mass is 352 g/mol. The van der Waals surface area contributed by atoms with E-state index in [1.165, 1.54) is 0 Å². The van der Waals surface area contributed by atoms with Gasteiger partial charge in [-0.05, 0) is 27.7 Å². The zero-order valence-corrected chi connectivity index (χ0v) is 14.9. The van der Waals surface area contributed by atoms with Crippen LogP contribution >= 0.6 is 11.6 Å². The highest BCUT2D eigenvalue weighted by Gasteiger charge is 2.35. The van der Waals surface area contributed by atoms with Crippen LogP contribution in [0.4, 0.5) is 4.79 Å². The standard InChI is InChI=1S/C16H21ClN4O3/c1-10-9-23-12(8-21(10)15(22)24-16(2,3)4)14-19-7-11-13(17)18-5-6-20(11)14/h5-7,10,12H,8-9H2,1-4H3. The van der Waals surface area contributed by atoms with Gasteiger partial charge in [-0.3, -0.25) is 4.40 Å². The van der Waals surface area contributed by atoms with E-state index in [4.69, 9.17) is 21.1 Å². The van der Waals surface area contributed by atoms with Gasteiger partial charge in [-0.15, -0.1) is 0 Å². The molecular weight excluding hydrogens is 332 g/mol. The minimum atomic E-state index is -0.538. The first-order valence-electron chi connectivity index (χ1n) is 7.85. The maximum atomic E-state index is 12.4. The van der Waals surface area contributed by atoms with Gasteiger partial charge in [-0.2, -0.15) is 0 Å². The van der Waals surface area contributed by atoms with Gasteiger partial charge >= 0.3 is 6.09 Å². The molecule has 8 heteroatoms. The van der Waals surface area contributed by atoms with Crippen LogP contribution in [0, 0.1) is 0 Å². The van der Waals surface area contributed by atoms with Crippen LogP contribution in [0.2, 0.25) is 5.15 Å². The number of nitrogens with zero attached hydrogens (tertiary/aromatic N) is 4. The third-order valence-electron chi connectivity index (χ3n) is 3.79. The molecule has 0 N–H and O–H groups in total. The van der Waals surface area contributed by atoms with Crippen LogP contribution in [-0.2, 0) is 9.47 Å². The minimum absolute atomic E-state index is 0.0624. The average molecular weight is 353 g/mol. The summed E-state index contributed by atoms with van der Waals surface area (Å²) in [5, 5.41) is 0.379. The van der Waals surface area contributed by atoms with Gasteiger partial charge in [0.25, 0.3) is 0 Å². The minimum Gasteiger partial charge on any atom is -0.444 e. The van der Waals surface area contributed by atoms with Crippen LogP contribution in [-0.4, -0.2) is 50.2 Å². The molecule has 1 saturated heterocycles. The average Bonchev–Trinajstić information content (AvgIpc) is 2.91. The lowest BCUT2D eigenvalue weighted by molar-refractivity contribution is -0.0698. The van der Waals surface area contributed by atoms with E-state index in [1.807, 2.05) is 32.1 Å². The summed E-state index contributed by atoms with van der Waals surface area (Å²) in [4.78, 5) is 22.6. The van der Waals surface area contributed by atoms with E-state index in [-0.39, 0.29) is 18.2 Å². The van der Waals surface area contributed by atoms with Crippen molar-refractivity contribution in [3.8, 4) is 0 Å². The molecule has 1 fully saturated rings. The molecule has 1 aliphatic heterocycles. The van der Waals surface area contributed by atoms with Gasteiger partial charge < -0.3 is 14.4 Å². The summed E-state index contributed by atoms with van der Waals surface area (Å²) in [6, 6.07) is -0.0624. The molecule has 0 spiro atoms. The molecule has 1 amide bonds. The first-order chi connectivity index (χ1) is 11.3. The lowest BCUT2D eigenvalue weighted by Gasteiger charge is -2.38.